The Morgan fingerprint density at radius 1 is 1.55 bits per heavy atom. The van der Waals surface area contributed by atoms with Crippen molar-refractivity contribution in [3.63, 3.8) is 0 Å². The zero-order chi connectivity index (χ0) is 14.9. The van der Waals surface area contributed by atoms with Gasteiger partial charge in [0.1, 0.15) is 4.99 Å². The summed E-state index contributed by atoms with van der Waals surface area (Å²) >= 11 is 8.56. The van der Waals surface area contributed by atoms with Gasteiger partial charge in [-0.2, -0.15) is 0 Å². The molecule has 0 aromatic heterocycles. The largest absolute Gasteiger partial charge is 0.389 e. The Bertz CT molecular complexity index is 563. The van der Waals surface area contributed by atoms with Crippen LogP contribution >= 0.6 is 28.1 Å². The molecule has 0 radical (unpaired) electrons. The highest BCUT2D eigenvalue weighted by Crippen LogP contribution is 2.35. The number of benzene rings is 1. The van der Waals surface area contributed by atoms with Crippen LogP contribution in [0.3, 0.4) is 0 Å². The number of hydrogen-bond acceptors (Lipinski definition) is 3. The maximum atomic E-state index is 12.0. The summed E-state index contributed by atoms with van der Waals surface area (Å²) in [5.74, 6) is 0.0778. The third-order valence-electron chi connectivity index (χ3n) is 3.81. The molecule has 3 N–H and O–H groups in total. The molecule has 1 heterocycles. The summed E-state index contributed by atoms with van der Waals surface area (Å²) in [5.41, 5.74) is 7.28. The monoisotopic (exact) mass is 355 g/mol. The molecule has 0 saturated carbocycles. The lowest BCUT2D eigenvalue weighted by Gasteiger charge is -2.25. The van der Waals surface area contributed by atoms with Crippen LogP contribution in [-0.4, -0.2) is 31.0 Å². The quantitative estimate of drug-likeness (QED) is 0.814. The molecule has 1 fully saturated rings. The van der Waals surface area contributed by atoms with Crippen LogP contribution in [0, 0.1) is 5.41 Å². The van der Waals surface area contributed by atoms with Crippen molar-refractivity contribution in [1.82, 2.24) is 5.32 Å². The maximum Gasteiger partial charge on any atom is 0.227 e. The standard InChI is InChI=1S/C14H18BrN3OS/c1-14(13(19)17-2)5-6-18(8-14)11-4-3-9(15)7-10(11)12(16)20/h3-4,7H,5-6,8H2,1-2H3,(H2,16,20)(H,17,19). The van der Waals surface area contributed by atoms with Crippen molar-refractivity contribution in [3.8, 4) is 0 Å². The van der Waals surface area contributed by atoms with E-state index in [1.807, 2.05) is 25.1 Å². The number of nitrogens with one attached hydrogen (secondary N) is 1. The molecule has 1 aromatic carbocycles. The number of rotatable bonds is 3. The van der Waals surface area contributed by atoms with Crippen molar-refractivity contribution in [2.45, 2.75) is 13.3 Å². The van der Waals surface area contributed by atoms with Crippen LogP contribution in [-0.2, 0) is 4.79 Å². The Hall–Kier alpha value is -1.14. The summed E-state index contributed by atoms with van der Waals surface area (Å²) in [5, 5.41) is 2.74. The molecule has 1 atom stereocenters. The molecule has 1 saturated heterocycles. The van der Waals surface area contributed by atoms with Gasteiger partial charge in [0, 0.05) is 35.9 Å². The van der Waals surface area contributed by atoms with E-state index in [-0.39, 0.29) is 11.3 Å². The van der Waals surface area contributed by atoms with Gasteiger partial charge in [0.05, 0.1) is 5.41 Å². The van der Waals surface area contributed by atoms with Crippen LogP contribution in [0.2, 0.25) is 0 Å². The molecular weight excluding hydrogens is 338 g/mol. The Balaban J connectivity index is 2.31. The second-order valence-corrected chi connectivity index (χ2v) is 6.69. The molecule has 20 heavy (non-hydrogen) atoms. The van der Waals surface area contributed by atoms with Gasteiger partial charge < -0.3 is 16.0 Å². The van der Waals surface area contributed by atoms with E-state index in [0.717, 1.165) is 28.7 Å². The third kappa shape index (κ3) is 2.81. The molecule has 0 aliphatic carbocycles. The number of anilines is 1. The van der Waals surface area contributed by atoms with Gasteiger partial charge in [-0.25, -0.2) is 0 Å². The molecule has 1 aliphatic heterocycles. The topological polar surface area (TPSA) is 58.4 Å². The highest BCUT2D eigenvalue weighted by Gasteiger charge is 2.40. The first-order valence-electron chi connectivity index (χ1n) is 6.44. The summed E-state index contributed by atoms with van der Waals surface area (Å²) in [4.78, 5) is 14.5. The minimum atomic E-state index is -0.366. The lowest BCUT2D eigenvalue weighted by molar-refractivity contribution is -0.128. The molecule has 2 rings (SSSR count). The molecule has 1 amide bonds. The van der Waals surface area contributed by atoms with Gasteiger partial charge in [0.15, 0.2) is 0 Å². The molecule has 1 unspecified atom stereocenters. The van der Waals surface area contributed by atoms with E-state index in [4.69, 9.17) is 18.0 Å². The Labute approximate surface area is 132 Å². The van der Waals surface area contributed by atoms with Gasteiger partial charge in [0.25, 0.3) is 0 Å². The summed E-state index contributed by atoms with van der Waals surface area (Å²) in [6.07, 6.45) is 0.819. The van der Waals surface area contributed by atoms with Crippen molar-refractivity contribution >= 4 is 44.7 Å². The zero-order valence-electron chi connectivity index (χ0n) is 11.6. The van der Waals surface area contributed by atoms with Crippen LogP contribution in [0.1, 0.15) is 18.9 Å². The number of amides is 1. The van der Waals surface area contributed by atoms with Crippen molar-refractivity contribution in [2.75, 3.05) is 25.0 Å². The number of halogens is 1. The normalized spacial score (nSPS) is 21.9. The van der Waals surface area contributed by atoms with Crippen molar-refractivity contribution in [3.05, 3.63) is 28.2 Å². The smallest absolute Gasteiger partial charge is 0.227 e. The number of carbonyl (C=O) groups is 1. The zero-order valence-corrected chi connectivity index (χ0v) is 14.0. The molecule has 6 heteroatoms. The Morgan fingerprint density at radius 2 is 2.25 bits per heavy atom. The fourth-order valence-corrected chi connectivity index (χ4v) is 3.16. The van der Waals surface area contributed by atoms with Crippen LogP contribution in [0.5, 0.6) is 0 Å². The summed E-state index contributed by atoms with van der Waals surface area (Å²) in [6.45, 7) is 3.48. The second kappa shape index (κ2) is 5.69. The number of carbonyl (C=O) groups excluding carboxylic acids is 1. The number of hydrogen-bond donors (Lipinski definition) is 2. The highest BCUT2D eigenvalue weighted by atomic mass is 79.9. The van der Waals surface area contributed by atoms with Gasteiger partial charge in [-0.05, 0) is 31.5 Å². The molecule has 108 valence electrons. The van der Waals surface area contributed by atoms with E-state index >= 15 is 0 Å². The lowest BCUT2D eigenvalue weighted by atomic mass is 9.89. The van der Waals surface area contributed by atoms with Crippen molar-refractivity contribution in [1.29, 1.82) is 0 Å². The number of nitrogens with zero attached hydrogens (tertiary/aromatic N) is 1. The molecule has 0 spiro atoms. The van der Waals surface area contributed by atoms with Crippen molar-refractivity contribution < 1.29 is 4.79 Å². The Kier molecular flexibility index (Phi) is 4.34. The van der Waals surface area contributed by atoms with E-state index in [0.29, 0.717) is 11.5 Å². The average Bonchev–Trinajstić information content (AvgIpc) is 2.81. The number of nitrogens with two attached hydrogens (primary N) is 1. The summed E-state index contributed by atoms with van der Waals surface area (Å²) in [6, 6.07) is 5.88. The first-order chi connectivity index (χ1) is 9.37. The molecule has 0 bridgehead atoms. The molecule has 1 aliphatic rings. The van der Waals surface area contributed by atoms with Gasteiger partial charge in [-0.3, -0.25) is 4.79 Å². The summed E-state index contributed by atoms with van der Waals surface area (Å²) < 4.78 is 0.942. The fourth-order valence-electron chi connectivity index (χ4n) is 2.64. The minimum Gasteiger partial charge on any atom is -0.389 e. The van der Waals surface area contributed by atoms with E-state index in [2.05, 4.69) is 26.1 Å². The van der Waals surface area contributed by atoms with Gasteiger partial charge in [0.2, 0.25) is 5.91 Å². The van der Waals surface area contributed by atoms with E-state index < -0.39 is 0 Å². The molecule has 4 nitrogen and oxygen atoms in total. The van der Waals surface area contributed by atoms with E-state index in [1.165, 1.54) is 0 Å². The first-order valence-corrected chi connectivity index (χ1v) is 7.64. The summed E-state index contributed by atoms with van der Waals surface area (Å²) in [7, 11) is 1.68. The van der Waals surface area contributed by atoms with Crippen LogP contribution in [0.15, 0.2) is 22.7 Å². The third-order valence-corrected chi connectivity index (χ3v) is 4.53. The van der Waals surface area contributed by atoms with Crippen LogP contribution in [0.4, 0.5) is 5.69 Å². The van der Waals surface area contributed by atoms with E-state index in [1.54, 1.807) is 7.05 Å². The van der Waals surface area contributed by atoms with E-state index in [9.17, 15) is 4.79 Å². The average molecular weight is 356 g/mol. The predicted molar refractivity (Wildman–Crippen MR) is 89.0 cm³/mol. The SMILES string of the molecule is CNC(=O)C1(C)CCN(c2ccc(Br)cc2C(N)=S)C1. The minimum absolute atomic E-state index is 0.0778. The van der Waals surface area contributed by atoms with Crippen molar-refractivity contribution in [2.24, 2.45) is 11.1 Å². The fraction of sp³-hybridized carbons (Fsp3) is 0.429. The second-order valence-electron chi connectivity index (χ2n) is 5.34. The van der Waals surface area contributed by atoms with Crippen LogP contribution in [0.25, 0.3) is 0 Å². The predicted octanol–water partition coefficient (Wildman–Crippen LogP) is 2.05. The molecular formula is C14H18BrN3OS. The Morgan fingerprint density at radius 3 is 2.85 bits per heavy atom. The maximum absolute atomic E-state index is 12.0. The van der Waals surface area contributed by atoms with Gasteiger partial charge in [-0.15, -0.1) is 0 Å². The first kappa shape index (κ1) is 15.3. The van der Waals surface area contributed by atoms with Gasteiger partial charge in [-0.1, -0.05) is 28.1 Å². The lowest BCUT2D eigenvalue weighted by Crippen LogP contribution is -2.39. The highest BCUT2D eigenvalue weighted by molar-refractivity contribution is 9.10. The number of thiocarbonyl (C=S) groups is 1. The molecule has 1 aromatic rings. The van der Waals surface area contributed by atoms with Gasteiger partial charge >= 0.3 is 0 Å². The van der Waals surface area contributed by atoms with Crippen LogP contribution < -0.4 is 16.0 Å².